The predicted octanol–water partition coefficient (Wildman–Crippen LogP) is 5.97. The van der Waals surface area contributed by atoms with E-state index in [2.05, 4.69) is 13.8 Å². The highest BCUT2D eigenvalue weighted by Gasteiger charge is 2.36. The third-order valence-electron chi connectivity index (χ3n) is 3.93. The number of carbonyl (C=O) groups excluding carboxylic acids is 2. The first-order valence-corrected chi connectivity index (χ1v) is 10.4. The molecule has 0 fully saturated rings. The summed E-state index contributed by atoms with van der Waals surface area (Å²) in [6.07, 6.45) is 10.8. The Bertz CT molecular complexity index is 359. The average molecular weight is 397 g/mol. The third-order valence-corrected chi connectivity index (χ3v) is 4.62. The molecule has 0 heterocycles. The van der Waals surface area contributed by atoms with Crippen LogP contribution in [0.2, 0.25) is 0 Å². The molecule has 0 rings (SSSR count). The predicted molar refractivity (Wildman–Crippen MR) is 103 cm³/mol. The Balaban J connectivity index is 3.78. The number of hydrogen-bond donors (Lipinski definition) is 0. The molecule has 0 saturated carbocycles. The molecule has 0 aliphatic carbocycles. The lowest BCUT2D eigenvalue weighted by atomic mass is 10.2. The molecule has 0 unspecified atom stereocenters. The van der Waals surface area contributed by atoms with Crippen molar-refractivity contribution in [3.8, 4) is 0 Å². The zero-order valence-electron chi connectivity index (χ0n) is 15.8. The van der Waals surface area contributed by atoms with E-state index < -0.39 is 10.3 Å². The summed E-state index contributed by atoms with van der Waals surface area (Å²) in [5.74, 6) is -1.06. The van der Waals surface area contributed by atoms with Crippen molar-refractivity contribution in [1.82, 2.24) is 0 Å². The van der Waals surface area contributed by atoms with E-state index >= 15 is 0 Å². The molecule has 0 radical (unpaired) electrons. The van der Waals surface area contributed by atoms with Gasteiger partial charge in [0.05, 0.1) is 13.2 Å². The Morgan fingerprint density at radius 1 is 0.760 bits per heavy atom. The molecule has 0 aromatic carbocycles. The van der Waals surface area contributed by atoms with Crippen molar-refractivity contribution in [3.63, 3.8) is 0 Å². The monoisotopic (exact) mass is 396 g/mol. The highest BCUT2D eigenvalue weighted by molar-refractivity contribution is 6.57. The number of carbonyl (C=O) groups is 2. The molecule has 0 saturated heterocycles. The average Bonchev–Trinajstić information content (AvgIpc) is 2.59. The quantitative estimate of drug-likeness (QED) is 0.183. The molecule has 148 valence electrons. The van der Waals surface area contributed by atoms with Crippen LogP contribution in [-0.2, 0) is 19.1 Å². The van der Waals surface area contributed by atoms with Gasteiger partial charge in [0.15, 0.2) is 0 Å². The fourth-order valence-corrected chi connectivity index (χ4v) is 2.60. The van der Waals surface area contributed by atoms with Crippen molar-refractivity contribution in [2.45, 2.75) is 95.2 Å². The van der Waals surface area contributed by atoms with E-state index in [-0.39, 0.29) is 18.8 Å². The van der Waals surface area contributed by atoms with Crippen LogP contribution in [0.5, 0.6) is 0 Å². The molecule has 0 aromatic heterocycles. The second-order valence-corrected chi connectivity index (χ2v) is 7.87. The minimum Gasteiger partial charge on any atom is -0.466 e. The van der Waals surface area contributed by atoms with Gasteiger partial charge in [-0.25, -0.2) is 4.79 Å². The molecule has 6 heteroatoms. The van der Waals surface area contributed by atoms with Gasteiger partial charge in [-0.15, -0.1) is 0 Å². The standard InChI is InChI=1S/C19H34Cl2O4/c1-3-5-7-9-11-15-24-17(22)13-14-19(20,21)18(23)25-16-12-10-8-6-4-2/h3-16H2,1-2H3. The van der Waals surface area contributed by atoms with Crippen LogP contribution in [-0.4, -0.2) is 29.5 Å². The number of ether oxygens (including phenoxy) is 2. The maximum absolute atomic E-state index is 11.9. The fraction of sp³-hybridized carbons (Fsp3) is 0.895. The van der Waals surface area contributed by atoms with Gasteiger partial charge in [-0.2, -0.15) is 0 Å². The summed E-state index contributed by atoms with van der Waals surface area (Å²) < 4.78 is 8.53. The lowest BCUT2D eigenvalue weighted by Crippen LogP contribution is -2.29. The first-order valence-electron chi connectivity index (χ1n) is 9.64. The highest BCUT2D eigenvalue weighted by atomic mass is 35.5. The number of halogens is 2. The minimum absolute atomic E-state index is 0.000548. The molecule has 25 heavy (non-hydrogen) atoms. The number of unbranched alkanes of at least 4 members (excludes halogenated alkanes) is 8. The van der Waals surface area contributed by atoms with Crippen LogP contribution in [0.1, 0.15) is 90.9 Å². The van der Waals surface area contributed by atoms with E-state index in [9.17, 15) is 9.59 Å². The SMILES string of the molecule is CCCCCCCOC(=O)CCC(Cl)(Cl)C(=O)OCCCCCCC. The summed E-state index contributed by atoms with van der Waals surface area (Å²) in [6, 6.07) is 0. The second kappa shape index (κ2) is 15.7. The zero-order valence-corrected chi connectivity index (χ0v) is 17.3. The second-order valence-electron chi connectivity index (χ2n) is 6.39. The van der Waals surface area contributed by atoms with Crippen molar-refractivity contribution in [2.24, 2.45) is 0 Å². The molecule has 0 aliphatic heterocycles. The van der Waals surface area contributed by atoms with Gasteiger partial charge in [-0.3, -0.25) is 4.79 Å². The van der Waals surface area contributed by atoms with E-state index in [0.717, 1.165) is 38.5 Å². The van der Waals surface area contributed by atoms with Gasteiger partial charge in [0.2, 0.25) is 4.33 Å². The van der Waals surface area contributed by atoms with Crippen LogP contribution in [0.4, 0.5) is 0 Å². The first kappa shape index (κ1) is 24.5. The summed E-state index contributed by atoms with van der Waals surface area (Å²) >= 11 is 12.0. The smallest absolute Gasteiger partial charge is 0.342 e. The number of alkyl halides is 2. The van der Waals surface area contributed by atoms with Crippen LogP contribution in [0, 0.1) is 0 Å². The van der Waals surface area contributed by atoms with E-state index in [1.165, 1.54) is 25.7 Å². The van der Waals surface area contributed by atoms with E-state index in [1.54, 1.807) is 0 Å². The molecule has 0 atom stereocenters. The largest absolute Gasteiger partial charge is 0.466 e. The summed E-state index contributed by atoms with van der Waals surface area (Å²) in [5, 5.41) is 0. The van der Waals surface area contributed by atoms with Gasteiger partial charge in [-0.1, -0.05) is 88.4 Å². The molecule has 4 nitrogen and oxygen atoms in total. The normalized spacial score (nSPS) is 11.4. The number of hydrogen-bond acceptors (Lipinski definition) is 4. The van der Waals surface area contributed by atoms with Gasteiger partial charge in [0, 0.05) is 12.8 Å². The summed E-state index contributed by atoms with van der Waals surface area (Å²) in [7, 11) is 0. The van der Waals surface area contributed by atoms with E-state index in [1.807, 2.05) is 0 Å². The topological polar surface area (TPSA) is 52.6 Å². The van der Waals surface area contributed by atoms with Gasteiger partial charge in [0.25, 0.3) is 0 Å². The molecule has 0 bridgehead atoms. The van der Waals surface area contributed by atoms with E-state index in [0.29, 0.717) is 13.2 Å². The first-order chi connectivity index (χ1) is 11.9. The maximum atomic E-state index is 11.9. The van der Waals surface area contributed by atoms with Crippen LogP contribution < -0.4 is 0 Å². The summed E-state index contributed by atoms with van der Waals surface area (Å²) in [4.78, 5) is 23.6. The van der Waals surface area contributed by atoms with Gasteiger partial charge >= 0.3 is 11.9 Å². The van der Waals surface area contributed by atoms with Crippen molar-refractivity contribution in [1.29, 1.82) is 0 Å². The molecule has 0 spiro atoms. The Hall–Kier alpha value is -0.480. The maximum Gasteiger partial charge on any atom is 0.342 e. The van der Waals surface area contributed by atoms with E-state index in [4.69, 9.17) is 32.7 Å². The summed E-state index contributed by atoms with van der Waals surface area (Å²) in [5.41, 5.74) is 0. The minimum atomic E-state index is -1.69. The van der Waals surface area contributed by atoms with Crippen molar-refractivity contribution in [2.75, 3.05) is 13.2 Å². The van der Waals surface area contributed by atoms with Gasteiger partial charge in [-0.05, 0) is 12.8 Å². The molecule has 0 aromatic rings. The molecule has 0 aliphatic rings. The van der Waals surface area contributed by atoms with Gasteiger partial charge < -0.3 is 9.47 Å². The van der Waals surface area contributed by atoms with Crippen LogP contribution in [0.15, 0.2) is 0 Å². The number of esters is 2. The Morgan fingerprint density at radius 2 is 1.24 bits per heavy atom. The molecular weight excluding hydrogens is 363 g/mol. The van der Waals surface area contributed by atoms with Crippen LogP contribution >= 0.6 is 23.2 Å². The van der Waals surface area contributed by atoms with Crippen molar-refractivity contribution in [3.05, 3.63) is 0 Å². The Kier molecular flexibility index (Phi) is 15.4. The third kappa shape index (κ3) is 14.4. The Labute approximate surface area is 162 Å². The van der Waals surface area contributed by atoms with Crippen LogP contribution in [0.25, 0.3) is 0 Å². The fourth-order valence-electron chi connectivity index (χ4n) is 2.30. The number of rotatable bonds is 16. The lowest BCUT2D eigenvalue weighted by molar-refractivity contribution is -0.146. The zero-order chi connectivity index (χ0) is 19.0. The molecule has 0 N–H and O–H groups in total. The summed E-state index contributed by atoms with van der Waals surface area (Å²) in [6.45, 7) is 5.02. The van der Waals surface area contributed by atoms with Crippen LogP contribution in [0.3, 0.4) is 0 Å². The molecule has 0 amide bonds. The van der Waals surface area contributed by atoms with Gasteiger partial charge in [0.1, 0.15) is 0 Å². The molecular formula is C19H34Cl2O4. The highest BCUT2D eigenvalue weighted by Crippen LogP contribution is 2.29. The lowest BCUT2D eigenvalue weighted by Gasteiger charge is -2.17. The Morgan fingerprint density at radius 3 is 1.76 bits per heavy atom. The van der Waals surface area contributed by atoms with Crippen molar-refractivity contribution >= 4 is 35.1 Å². The van der Waals surface area contributed by atoms with Crippen molar-refractivity contribution < 1.29 is 19.1 Å².